The van der Waals surface area contributed by atoms with Crippen molar-refractivity contribution in [3.8, 4) is 12.3 Å². The monoisotopic (exact) mass is 193 g/mol. The molecule has 0 saturated carbocycles. The molecule has 1 nitrogen and oxygen atoms in total. The lowest BCUT2D eigenvalue weighted by Gasteiger charge is -2.11. The van der Waals surface area contributed by atoms with Gasteiger partial charge in [-0.15, -0.1) is 6.42 Å². The molecule has 0 amide bonds. The summed E-state index contributed by atoms with van der Waals surface area (Å²) in [5.41, 5.74) is 1.01. The Balaban J connectivity index is 2.64. The van der Waals surface area contributed by atoms with Crippen molar-refractivity contribution in [3.05, 3.63) is 29.3 Å². The quantitative estimate of drug-likeness (QED) is 0.728. The molecule has 1 N–H and O–H groups in total. The zero-order valence-corrected chi connectivity index (χ0v) is 8.31. The number of anilines is 1. The average molecular weight is 194 g/mol. The molecule has 1 unspecified atom stereocenters. The Morgan fingerprint density at radius 1 is 1.46 bits per heavy atom. The fourth-order valence-electron chi connectivity index (χ4n) is 1.01. The Kier molecular flexibility index (Phi) is 3.67. The highest BCUT2D eigenvalue weighted by molar-refractivity contribution is 6.30. The highest BCUT2D eigenvalue weighted by Gasteiger charge is 2.00. The fraction of sp³-hybridized carbons (Fsp3) is 0.273. The van der Waals surface area contributed by atoms with Crippen molar-refractivity contribution >= 4 is 17.3 Å². The second-order valence-corrected chi connectivity index (χ2v) is 3.22. The van der Waals surface area contributed by atoms with Crippen LogP contribution in [0.3, 0.4) is 0 Å². The first kappa shape index (κ1) is 9.95. The van der Waals surface area contributed by atoms with Gasteiger partial charge >= 0.3 is 0 Å². The first-order valence-electron chi connectivity index (χ1n) is 4.24. The van der Waals surface area contributed by atoms with Crippen LogP contribution in [0.2, 0.25) is 5.02 Å². The molecule has 0 bridgehead atoms. The minimum atomic E-state index is 0.0983. The molecule has 13 heavy (non-hydrogen) atoms. The van der Waals surface area contributed by atoms with Gasteiger partial charge < -0.3 is 5.32 Å². The van der Waals surface area contributed by atoms with E-state index in [1.54, 1.807) is 0 Å². The average Bonchev–Trinajstić information content (AvgIpc) is 2.17. The molecule has 1 aromatic rings. The topological polar surface area (TPSA) is 12.0 Å². The highest BCUT2D eigenvalue weighted by atomic mass is 35.5. The Labute approximate surface area is 84.1 Å². The van der Waals surface area contributed by atoms with Crippen molar-refractivity contribution < 1.29 is 0 Å². The number of rotatable bonds is 3. The molecule has 0 heterocycles. The van der Waals surface area contributed by atoms with Gasteiger partial charge in [0.1, 0.15) is 0 Å². The van der Waals surface area contributed by atoms with Crippen LogP contribution >= 0.6 is 11.6 Å². The van der Waals surface area contributed by atoms with Crippen LogP contribution in [0.1, 0.15) is 13.3 Å². The van der Waals surface area contributed by atoms with E-state index >= 15 is 0 Å². The number of nitrogens with one attached hydrogen (secondary N) is 1. The second-order valence-electron chi connectivity index (χ2n) is 2.78. The van der Waals surface area contributed by atoms with Crippen molar-refractivity contribution in [1.29, 1.82) is 0 Å². The van der Waals surface area contributed by atoms with E-state index in [2.05, 4.69) is 11.2 Å². The molecule has 0 fully saturated rings. The van der Waals surface area contributed by atoms with Crippen LogP contribution in [-0.4, -0.2) is 6.04 Å². The van der Waals surface area contributed by atoms with Gasteiger partial charge in [-0.25, -0.2) is 0 Å². The van der Waals surface area contributed by atoms with Crippen LogP contribution in [0, 0.1) is 12.3 Å². The van der Waals surface area contributed by atoms with Gasteiger partial charge in [-0.05, 0) is 30.7 Å². The van der Waals surface area contributed by atoms with Crippen LogP contribution in [0.4, 0.5) is 5.69 Å². The van der Waals surface area contributed by atoms with E-state index < -0.39 is 0 Å². The Morgan fingerprint density at radius 2 is 2.08 bits per heavy atom. The molecule has 1 aromatic carbocycles. The number of hydrogen-bond acceptors (Lipinski definition) is 1. The second kappa shape index (κ2) is 4.79. The predicted octanol–water partition coefficient (Wildman–Crippen LogP) is 3.16. The van der Waals surface area contributed by atoms with Crippen LogP contribution in [0.25, 0.3) is 0 Å². The fourth-order valence-corrected chi connectivity index (χ4v) is 1.13. The van der Waals surface area contributed by atoms with Gasteiger partial charge in [-0.1, -0.05) is 24.4 Å². The summed E-state index contributed by atoms with van der Waals surface area (Å²) in [4.78, 5) is 0. The van der Waals surface area contributed by atoms with Crippen LogP contribution in [0.15, 0.2) is 24.3 Å². The van der Waals surface area contributed by atoms with E-state index in [1.165, 1.54) is 0 Å². The highest BCUT2D eigenvalue weighted by Crippen LogP contribution is 2.14. The van der Waals surface area contributed by atoms with E-state index in [0.717, 1.165) is 17.1 Å². The molecule has 0 radical (unpaired) electrons. The number of benzene rings is 1. The minimum absolute atomic E-state index is 0.0983. The van der Waals surface area contributed by atoms with Gasteiger partial charge in [-0.3, -0.25) is 0 Å². The Hall–Kier alpha value is -1.13. The zero-order valence-electron chi connectivity index (χ0n) is 7.55. The van der Waals surface area contributed by atoms with Crippen molar-refractivity contribution in [1.82, 2.24) is 0 Å². The number of halogens is 1. The van der Waals surface area contributed by atoms with E-state index in [4.69, 9.17) is 18.0 Å². The molecule has 0 aromatic heterocycles. The van der Waals surface area contributed by atoms with Crippen molar-refractivity contribution in [3.63, 3.8) is 0 Å². The lowest BCUT2D eigenvalue weighted by atomic mass is 10.2. The van der Waals surface area contributed by atoms with Gasteiger partial charge in [0.2, 0.25) is 0 Å². The summed E-state index contributed by atoms with van der Waals surface area (Å²) in [5.74, 6) is 2.67. The number of terminal acetylenes is 1. The third-order valence-electron chi connectivity index (χ3n) is 1.79. The van der Waals surface area contributed by atoms with Crippen LogP contribution in [-0.2, 0) is 0 Å². The van der Waals surface area contributed by atoms with Crippen molar-refractivity contribution in [2.45, 2.75) is 19.4 Å². The largest absolute Gasteiger partial charge is 0.372 e. The maximum atomic E-state index is 5.75. The molecule has 0 saturated heterocycles. The maximum Gasteiger partial charge on any atom is 0.0871 e. The standard InChI is InChI=1S/C11H12ClN/c1-3-10(4-2)13-11-7-5-9(12)6-8-11/h1,5-8,10,13H,4H2,2H3. The number of hydrogen-bond donors (Lipinski definition) is 1. The summed E-state index contributed by atoms with van der Waals surface area (Å²) in [5, 5.41) is 3.95. The molecule has 0 aliphatic heterocycles. The minimum Gasteiger partial charge on any atom is -0.372 e. The van der Waals surface area contributed by atoms with E-state index in [1.807, 2.05) is 31.2 Å². The molecule has 0 aliphatic rings. The van der Waals surface area contributed by atoms with E-state index in [-0.39, 0.29) is 6.04 Å². The molecule has 0 aliphatic carbocycles. The summed E-state index contributed by atoms with van der Waals surface area (Å²) in [6, 6.07) is 7.62. The Morgan fingerprint density at radius 3 is 2.54 bits per heavy atom. The van der Waals surface area contributed by atoms with Crippen LogP contribution < -0.4 is 5.32 Å². The summed E-state index contributed by atoms with van der Waals surface area (Å²) in [7, 11) is 0. The van der Waals surface area contributed by atoms with Gasteiger partial charge in [-0.2, -0.15) is 0 Å². The SMILES string of the molecule is C#CC(CC)Nc1ccc(Cl)cc1. The molecular weight excluding hydrogens is 182 g/mol. The summed E-state index contributed by atoms with van der Waals surface area (Å²) >= 11 is 5.75. The summed E-state index contributed by atoms with van der Waals surface area (Å²) in [6.45, 7) is 2.05. The predicted molar refractivity (Wildman–Crippen MR) is 58.0 cm³/mol. The van der Waals surface area contributed by atoms with Crippen LogP contribution in [0.5, 0.6) is 0 Å². The van der Waals surface area contributed by atoms with Gasteiger partial charge in [0.25, 0.3) is 0 Å². The maximum absolute atomic E-state index is 5.75. The van der Waals surface area contributed by atoms with Crippen molar-refractivity contribution in [2.24, 2.45) is 0 Å². The first-order chi connectivity index (χ1) is 6.26. The summed E-state index contributed by atoms with van der Waals surface area (Å²) < 4.78 is 0. The van der Waals surface area contributed by atoms with Gasteiger partial charge in [0, 0.05) is 10.7 Å². The molecule has 1 rings (SSSR count). The molecule has 68 valence electrons. The molecule has 2 heteroatoms. The summed E-state index contributed by atoms with van der Waals surface area (Å²) in [6.07, 6.45) is 6.24. The third-order valence-corrected chi connectivity index (χ3v) is 2.05. The van der Waals surface area contributed by atoms with Gasteiger partial charge in [0.15, 0.2) is 0 Å². The van der Waals surface area contributed by atoms with Gasteiger partial charge in [0.05, 0.1) is 6.04 Å². The molecule has 0 spiro atoms. The third kappa shape index (κ3) is 3.01. The normalized spacial score (nSPS) is 11.8. The van der Waals surface area contributed by atoms with Crippen molar-refractivity contribution in [2.75, 3.05) is 5.32 Å². The van der Waals surface area contributed by atoms with E-state index in [0.29, 0.717) is 0 Å². The smallest absolute Gasteiger partial charge is 0.0871 e. The molecular formula is C11H12ClN. The lowest BCUT2D eigenvalue weighted by Crippen LogP contribution is -2.15. The Bertz CT molecular complexity index is 297. The lowest BCUT2D eigenvalue weighted by molar-refractivity contribution is 0.858. The first-order valence-corrected chi connectivity index (χ1v) is 4.62. The van der Waals surface area contributed by atoms with E-state index in [9.17, 15) is 0 Å². The zero-order chi connectivity index (χ0) is 9.68. The molecule has 1 atom stereocenters.